The summed E-state index contributed by atoms with van der Waals surface area (Å²) in [5.74, 6) is 0.240. The van der Waals surface area contributed by atoms with Gasteiger partial charge >= 0.3 is 0 Å². The first kappa shape index (κ1) is 14.7. The van der Waals surface area contributed by atoms with Gasteiger partial charge in [-0.2, -0.15) is 0 Å². The maximum Gasteiger partial charge on any atom is 0.218 e. The van der Waals surface area contributed by atoms with E-state index in [0.29, 0.717) is 29.8 Å². The highest BCUT2D eigenvalue weighted by Crippen LogP contribution is 2.17. The Kier molecular flexibility index (Phi) is 4.78. The van der Waals surface area contributed by atoms with Crippen LogP contribution in [0.25, 0.3) is 0 Å². The fraction of sp³-hybridized carbons (Fsp3) is 0.583. The van der Waals surface area contributed by atoms with Crippen molar-refractivity contribution in [3.05, 3.63) is 29.0 Å². The predicted molar refractivity (Wildman–Crippen MR) is 73.4 cm³/mol. The number of nitrogens with zero attached hydrogens (tertiary/aromatic N) is 2. The molecule has 1 aliphatic heterocycles. The number of hydrogen-bond acceptors (Lipinski definition) is 4. The first-order chi connectivity index (χ1) is 8.97. The van der Waals surface area contributed by atoms with Gasteiger partial charge < -0.3 is 4.74 Å². The van der Waals surface area contributed by atoms with Crippen LogP contribution >= 0.6 is 11.6 Å². The quantitative estimate of drug-likeness (QED) is 0.774. The van der Waals surface area contributed by atoms with Crippen molar-refractivity contribution < 1.29 is 13.2 Å². The van der Waals surface area contributed by atoms with E-state index < -0.39 is 10.0 Å². The van der Waals surface area contributed by atoms with E-state index in [2.05, 4.69) is 4.98 Å². The molecule has 1 aliphatic rings. The van der Waals surface area contributed by atoms with Crippen molar-refractivity contribution in [2.24, 2.45) is 5.92 Å². The molecule has 0 aromatic carbocycles. The van der Waals surface area contributed by atoms with E-state index in [9.17, 15) is 8.42 Å². The van der Waals surface area contributed by atoms with Crippen molar-refractivity contribution in [3.8, 4) is 0 Å². The molecule has 0 N–H and O–H groups in total. The van der Waals surface area contributed by atoms with E-state index in [0.717, 1.165) is 13.0 Å². The van der Waals surface area contributed by atoms with Gasteiger partial charge in [-0.15, -0.1) is 0 Å². The van der Waals surface area contributed by atoms with E-state index in [4.69, 9.17) is 16.3 Å². The van der Waals surface area contributed by atoms with Crippen LogP contribution in [0, 0.1) is 5.92 Å². The molecule has 0 spiro atoms. The standard InChI is InChI=1S/C12H17ClN2O3S/c1-15(7-11-4-5-18-8-11)19(16,17)9-10-2-3-12(13)14-6-10/h2-3,6,11H,4-5,7-9H2,1H3. The van der Waals surface area contributed by atoms with E-state index >= 15 is 0 Å². The molecule has 0 bridgehead atoms. The molecule has 0 amide bonds. The Morgan fingerprint density at radius 3 is 2.89 bits per heavy atom. The lowest BCUT2D eigenvalue weighted by Crippen LogP contribution is -2.33. The zero-order valence-electron chi connectivity index (χ0n) is 10.8. The molecule has 1 atom stereocenters. The molecule has 5 nitrogen and oxygen atoms in total. The van der Waals surface area contributed by atoms with Crippen LogP contribution in [0.4, 0.5) is 0 Å². The van der Waals surface area contributed by atoms with Crippen molar-refractivity contribution >= 4 is 21.6 Å². The molecule has 0 aliphatic carbocycles. The van der Waals surface area contributed by atoms with Gasteiger partial charge in [0.1, 0.15) is 5.15 Å². The summed E-state index contributed by atoms with van der Waals surface area (Å²) in [5, 5.41) is 0.359. The van der Waals surface area contributed by atoms with Gasteiger partial charge in [-0.25, -0.2) is 17.7 Å². The normalized spacial score (nSPS) is 20.1. The molecule has 1 unspecified atom stereocenters. The highest BCUT2D eigenvalue weighted by Gasteiger charge is 2.24. The van der Waals surface area contributed by atoms with Crippen molar-refractivity contribution in [1.29, 1.82) is 0 Å². The Hall–Kier alpha value is -0.690. The smallest absolute Gasteiger partial charge is 0.218 e. The molecule has 1 saturated heterocycles. The van der Waals surface area contributed by atoms with E-state index in [1.54, 1.807) is 19.2 Å². The Morgan fingerprint density at radius 1 is 1.53 bits per heavy atom. The highest BCUT2D eigenvalue weighted by atomic mass is 35.5. The first-order valence-corrected chi connectivity index (χ1v) is 8.08. The summed E-state index contributed by atoms with van der Waals surface area (Å²) in [6.07, 6.45) is 2.41. The van der Waals surface area contributed by atoms with Gasteiger partial charge in [0.2, 0.25) is 10.0 Å². The highest BCUT2D eigenvalue weighted by molar-refractivity contribution is 7.88. The van der Waals surface area contributed by atoms with Crippen LogP contribution in [0.15, 0.2) is 18.3 Å². The molecule has 1 aromatic rings. The second kappa shape index (κ2) is 6.17. The minimum atomic E-state index is -3.32. The maximum absolute atomic E-state index is 12.2. The second-order valence-electron chi connectivity index (χ2n) is 4.76. The average molecular weight is 305 g/mol. The summed E-state index contributed by atoms with van der Waals surface area (Å²) < 4.78 is 31.1. The van der Waals surface area contributed by atoms with Crippen LogP contribution in [0.1, 0.15) is 12.0 Å². The zero-order chi connectivity index (χ0) is 13.9. The molecule has 1 fully saturated rings. The summed E-state index contributed by atoms with van der Waals surface area (Å²) in [5.41, 5.74) is 0.638. The minimum Gasteiger partial charge on any atom is -0.381 e. The summed E-state index contributed by atoms with van der Waals surface area (Å²) in [6, 6.07) is 3.27. The first-order valence-electron chi connectivity index (χ1n) is 6.09. The van der Waals surface area contributed by atoms with Crippen molar-refractivity contribution in [3.63, 3.8) is 0 Å². The summed E-state index contributed by atoms with van der Waals surface area (Å²) >= 11 is 5.67. The van der Waals surface area contributed by atoms with E-state index in [-0.39, 0.29) is 5.75 Å². The lowest BCUT2D eigenvalue weighted by Gasteiger charge is -2.20. The lowest BCUT2D eigenvalue weighted by molar-refractivity contribution is 0.182. The molecule has 1 aromatic heterocycles. The largest absolute Gasteiger partial charge is 0.381 e. The van der Waals surface area contributed by atoms with Gasteiger partial charge in [0.05, 0.1) is 12.4 Å². The molecule has 2 rings (SSSR count). The Balaban J connectivity index is 1.98. The topological polar surface area (TPSA) is 59.5 Å². The van der Waals surface area contributed by atoms with Crippen LogP contribution in [-0.2, 0) is 20.5 Å². The van der Waals surface area contributed by atoms with Crippen LogP contribution in [0.3, 0.4) is 0 Å². The maximum atomic E-state index is 12.2. The lowest BCUT2D eigenvalue weighted by atomic mass is 10.1. The van der Waals surface area contributed by atoms with Crippen LogP contribution in [0.2, 0.25) is 5.15 Å². The SMILES string of the molecule is CN(CC1CCOC1)S(=O)(=O)Cc1ccc(Cl)nc1. The fourth-order valence-corrected chi connectivity index (χ4v) is 3.38. The van der Waals surface area contributed by atoms with E-state index in [1.807, 2.05) is 0 Å². The number of hydrogen-bond donors (Lipinski definition) is 0. The summed E-state index contributed by atoms with van der Waals surface area (Å²) in [6.45, 7) is 1.87. The number of aromatic nitrogens is 1. The minimum absolute atomic E-state index is 0.0543. The van der Waals surface area contributed by atoms with Crippen LogP contribution in [0.5, 0.6) is 0 Å². The van der Waals surface area contributed by atoms with Crippen LogP contribution in [-0.4, -0.2) is 44.5 Å². The molecule has 106 valence electrons. The van der Waals surface area contributed by atoms with Gasteiger partial charge in [-0.1, -0.05) is 17.7 Å². The van der Waals surface area contributed by atoms with Crippen molar-refractivity contribution in [2.45, 2.75) is 12.2 Å². The molecular weight excluding hydrogens is 288 g/mol. The third kappa shape index (κ3) is 4.14. The summed E-state index contributed by atoms with van der Waals surface area (Å²) in [7, 11) is -1.71. The number of rotatable bonds is 5. The number of pyridine rings is 1. The third-order valence-corrected chi connectivity index (χ3v) is 5.17. The average Bonchev–Trinajstić information content (AvgIpc) is 2.84. The van der Waals surface area contributed by atoms with Gasteiger partial charge in [0.15, 0.2) is 0 Å². The molecular formula is C12H17ClN2O3S. The monoisotopic (exact) mass is 304 g/mol. The Bertz CT molecular complexity index is 512. The molecule has 0 radical (unpaired) electrons. The number of ether oxygens (including phenoxy) is 1. The van der Waals surface area contributed by atoms with Crippen molar-refractivity contribution in [2.75, 3.05) is 26.8 Å². The number of halogens is 1. The molecule has 7 heteroatoms. The van der Waals surface area contributed by atoms with Crippen LogP contribution < -0.4 is 0 Å². The third-order valence-electron chi connectivity index (χ3n) is 3.15. The fourth-order valence-electron chi connectivity index (χ4n) is 2.02. The molecule has 19 heavy (non-hydrogen) atoms. The molecule has 2 heterocycles. The Labute approximate surface area is 118 Å². The molecule has 0 saturated carbocycles. The van der Waals surface area contributed by atoms with Crippen molar-refractivity contribution in [1.82, 2.24) is 9.29 Å². The van der Waals surface area contributed by atoms with Gasteiger partial charge in [0, 0.05) is 26.4 Å². The Morgan fingerprint density at radius 2 is 2.32 bits per heavy atom. The van der Waals surface area contributed by atoms with Gasteiger partial charge in [-0.3, -0.25) is 0 Å². The van der Waals surface area contributed by atoms with Gasteiger partial charge in [-0.05, 0) is 24.0 Å². The summed E-state index contributed by atoms with van der Waals surface area (Å²) in [4.78, 5) is 3.89. The predicted octanol–water partition coefficient (Wildman–Crippen LogP) is 1.53. The number of sulfonamides is 1. The second-order valence-corrected chi connectivity index (χ2v) is 7.22. The zero-order valence-corrected chi connectivity index (χ0v) is 12.3. The van der Waals surface area contributed by atoms with Gasteiger partial charge in [0.25, 0.3) is 0 Å². The van der Waals surface area contributed by atoms with E-state index in [1.165, 1.54) is 10.5 Å².